The molecular formula is C10H6F2O2. The van der Waals surface area contributed by atoms with Gasteiger partial charge in [-0.15, -0.1) is 0 Å². The molecule has 72 valence electrons. The zero-order valence-electron chi connectivity index (χ0n) is 7.04. The average molecular weight is 196 g/mol. The van der Waals surface area contributed by atoms with Crippen molar-refractivity contribution >= 4 is 0 Å². The molecular weight excluding hydrogens is 190 g/mol. The molecule has 1 heterocycles. The van der Waals surface area contributed by atoms with Crippen LogP contribution in [0.2, 0.25) is 0 Å². The Bertz CT molecular complexity index is 424. The molecule has 0 amide bonds. The van der Waals surface area contributed by atoms with Crippen molar-refractivity contribution in [2.75, 3.05) is 0 Å². The lowest BCUT2D eigenvalue weighted by molar-refractivity contribution is 0.428. The lowest BCUT2D eigenvalue weighted by Gasteiger charge is -2.03. The second kappa shape index (κ2) is 3.49. The molecule has 1 aromatic heterocycles. The summed E-state index contributed by atoms with van der Waals surface area (Å²) in [5.74, 6) is -1.00. The van der Waals surface area contributed by atoms with Crippen LogP contribution in [0.3, 0.4) is 0 Å². The van der Waals surface area contributed by atoms with Gasteiger partial charge in [-0.05, 0) is 12.1 Å². The van der Waals surface area contributed by atoms with Gasteiger partial charge in [0.1, 0.15) is 12.1 Å². The van der Waals surface area contributed by atoms with Gasteiger partial charge >= 0.3 is 0 Å². The van der Waals surface area contributed by atoms with Crippen LogP contribution < -0.4 is 4.74 Å². The Balaban J connectivity index is 2.28. The van der Waals surface area contributed by atoms with Crippen LogP contribution in [0.1, 0.15) is 0 Å². The molecule has 2 rings (SSSR count). The number of halogens is 2. The largest absolute Gasteiger partial charge is 0.469 e. The first-order valence-electron chi connectivity index (χ1n) is 3.91. The van der Waals surface area contributed by atoms with Gasteiger partial charge in [0.2, 0.25) is 0 Å². The van der Waals surface area contributed by atoms with E-state index in [2.05, 4.69) is 0 Å². The van der Waals surface area contributed by atoms with Gasteiger partial charge in [-0.2, -0.15) is 0 Å². The standard InChI is InChI=1S/C10H6F2O2/c11-7-1-2-9(12)10(5-7)14-8-3-4-13-6-8/h1-6H. The van der Waals surface area contributed by atoms with Crippen LogP contribution in [0.25, 0.3) is 0 Å². The third-order valence-electron chi connectivity index (χ3n) is 1.62. The minimum Gasteiger partial charge on any atom is -0.469 e. The molecule has 0 aliphatic rings. The maximum Gasteiger partial charge on any atom is 0.166 e. The van der Waals surface area contributed by atoms with Gasteiger partial charge in [-0.3, -0.25) is 0 Å². The summed E-state index contributed by atoms with van der Waals surface area (Å²) in [5, 5.41) is 0. The number of hydrogen-bond acceptors (Lipinski definition) is 2. The van der Waals surface area contributed by atoms with Crippen molar-refractivity contribution in [2.24, 2.45) is 0 Å². The molecule has 0 atom stereocenters. The van der Waals surface area contributed by atoms with Crippen LogP contribution in [-0.2, 0) is 0 Å². The minimum absolute atomic E-state index is 0.161. The SMILES string of the molecule is Fc1ccc(F)c(Oc2ccoc2)c1. The van der Waals surface area contributed by atoms with Gasteiger partial charge in [0.05, 0.1) is 6.26 Å². The summed E-state index contributed by atoms with van der Waals surface area (Å²) in [7, 11) is 0. The van der Waals surface area contributed by atoms with Crippen LogP contribution in [-0.4, -0.2) is 0 Å². The Morgan fingerprint density at radius 1 is 1.14 bits per heavy atom. The van der Waals surface area contributed by atoms with E-state index in [1.54, 1.807) is 0 Å². The van der Waals surface area contributed by atoms with Gasteiger partial charge in [0.25, 0.3) is 0 Å². The summed E-state index contributed by atoms with van der Waals surface area (Å²) in [4.78, 5) is 0. The Kier molecular flexibility index (Phi) is 2.18. The fraction of sp³-hybridized carbons (Fsp3) is 0. The third-order valence-corrected chi connectivity index (χ3v) is 1.62. The molecule has 14 heavy (non-hydrogen) atoms. The lowest BCUT2D eigenvalue weighted by Crippen LogP contribution is -1.87. The Labute approximate surface area is 78.7 Å². The smallest absolute Gasteiger partial charge is 0.166 e. The summed E-state index contributed by atoms with van der Waals surface area (Å²) in [6, 6.07) is 4.51. The van der Waals surface area contributed by atoms with Gasteiger partial charge in [0.15, 0.2) is 17.3 Å². The van der Waals surface area contributed by atoms with Crippen LogP contribution in [0.4, 0.5) is 8.78 Å². The first-order chi connectivity index (χ1) is 6.75. The average Bonchev–Trinajstić information content (AvgIpc) is 2.64. The van der Waals surface area contributed by atoms with Crippen LogP contribution >= 0.6 is 0 Å². The van der Waals surface area contributed by atoms with Crippen molar-refractivity contribution < 1.29 is 17.9 Å². The summed E-state index contributed by atoms with van der Waals surface area (Å²) in [5.41, 5.74) is 0. The molecule has 4 heteroatoms. The molecule has 0 radical (unpaired) electrons. The number of ether oxygens (including phenoxy) is 1. The second-order valence-electron chi connectivity index (χ2n) is 2.64. The first-order valence-corrected chi connectivity index (χ1v) is 3.91. The molecule has 0 saturated heterocycles. The molecule has 0 aliphatic heterocycles. The van der Waals surface area contributed by atoms with Crippen LogP contribution in [0, 0.1) is 11.6 Å². The molecule has 1 aromatic carbocycles. The van der Waals surface area contributed by atoms with Crippen LogP contribution in [0.15, 0.2) is 41.2 Å². The molecule has 0 fully saturated rings. The summed E-state index contributed by atoms with van der Waals surface area (Å²) < 4.78 is 35.5. The Hall–Kier alpha value is -1.84. The summed E-state index contributed by atoms with van der Waals surface area (Å²) in [6.07, 6.45) is 2.68. The molecule has 0 aliphatic carbocycles. The zero-order chi connectivity index (χ0) is 9.97. The van der Waals surface area contributed by atoms with E-state index in [1.165, 1.54) is 18.6 Å². The van der Waals surface area contributed by atoms with Crippen molar-refractivity contribution in [1.29, 1.82) is 0 Å². The predicted octanol–water partition coefficient (Wildman–Crippen LogP) is 3.35. The van der Waals surface area contributed by atoms with Crippen molar-refractivity contribution in [3.05, 3.63) is 48.4 Å². The van der Waals surface area contributed by atoms with Crippen molar-refractivity contribution in [3.63, 3.8) is 0 Å². The Morgan fingerprint density at radius 3 is 2.71 bits per heavy atom. The second-order valence-corrected chi connectivity index (χ2v) is 2.64. The normalized spacial score (nSPS) is 10.1. The maximum absolute atomic E-state index is 13.0. The molecule has 0 N–H and O–H groups in total. The number of hydrogen-bond donors (Lipinski definition) is 0. The third kappa shape index (κ3) is 1.74. The van der Waals surface area contributed by atoms with Gasteiger partial charge in [-0.1, -0.05) is 0 Å². The predicted molar refractivity (Wildman–Crippen MR) is 45.1 cm³/mol. The highest BCUT2D eigenvalue weighted by Gasteiger charge is 2.06. The Morgan fingerprint density at radius 2 is 2.00 bits per heavy atom. The molecule has 0 unspecified atom stereocenters. The number of benzene rings is 1. The zero-order valence-corrected chi connectivity index (χ0v) is 7.04. The quantitative estimate of drug-likeness (QED) is 0.734. The highest BCUT2D eigenvalue weighted by Crippen LogP contribution is 2.25. The van der Waals surface area contributed by atoms with Crippen LogP contribution in [0.5, 0.6) is 11.5 Å². The van der Waals surface area contributed by atoms with E-state index in [1.807, 2.05) is 0 Å². The fourth-order valence-electron chi connectivity index (χ4n) is 0.992. The van der Waals surface area contributed by atoms with Crippen molar-refractivity contribution in [3.8, 4) is 11.5 Å². The van der Waals surface area contributed by atoms with Gasteiger partial charge in [0, 0.05) is 12.1 Å². The highest BCUT2D eigenvalue weighted by atomic mass is 19.1. The topological polar surface area (TPSA) is 22.4 Å². The maximum atomic E-state index is 13.0. The van der Waals surface area contributed by atoms with Gasteiger partial charge in [-0.25, -0.2) is 8.78 Å². The van der Waals surface area contributed by atoms with Gasteiger partial charge < -0.3 is 9.15 Å². The first kappa shape index (κ1) is 8.74. The lowest BCUT2D eigenvalue weighted by atomic mass is 10.3. The van der Waals surface area contributed by atoms with E-state index in [-0.39, 0.29) is 5.75 Å². The molecule has 0 spiro atoms. The van der Waals surface area contributed by atoms with E-state index in [4.69, 9.17) is 9.15 Å². The number of furan rings is 1. The highest BCUT2D eigenvalue weighted by molar-refractivity contribution is 5.30. The van der Waals surface area contributed by atoms with E-state index in [9.17, 15) is 8.78 Å². The van der Waals surface area contributed by atoms with E-state index in [0.29, 0.717) is 5.75 Å². The molecule has 0 bridgehead atoms. The summed E-state index contributed by atoms with van der Waals surface area (Å²) >= 11 is 0. The molecule has 0 saturated carbocycles. The molecule has 2 aromatic rings. The van der Waals surface area contributed by atoms with E-state index < -0.39 is 11.6 Å². The van der Waals surface area contributed by atoms with Crippen molar-refractivity contribution in [2.45, 2.75) is 0 Å². The minimum atomic E-state index is -0.618. The van der Waals surface area contributed by atoms with E-state index in [0.717, 1.165) is 18.2 Å². The number of rotatable bonds is 2. The monoisotopic (exact) mass is 196 g/mol. The summed E-state index contributed by atoms with van der Waals surface area (Å²) in [6.45, 7) is 0. The van der Waals surface area contributed by atoms with E-state index >= 15 is 0 Å². The fourth-order valence-corrected chi connectivity index (χ4v) is 0.992. The molecule has 2 nitrogen and oxygen atoms in total. The van der Waals surface area contributed by atoms with Crippen molar-refractivity contribution in [1.82, 2.24) is 0 Å².